The maximum atomic E-state index is 14.0. The van der Waals surface area contributed by atoms with E-state index in [2.05, 4.69) is 69.0 Å². The van der Waals surface area contributed by atoms with Crippen LogP contribution in [0.5, 0.6) is 0 Å². The predicted molar refractivity (Wildman–Crippen MR) is 157 cm³/mol. The van der Waals surface area contributed by atoms with Crippen LogP contribution in [0.2, 0.25) is 0 Å². The number of rotatable bonds is 8. The summed E-state index contributed by atoms with van der Waals surface area (Å²) in [5, 5.41) is 0. The summed E-state index contributed by atoms with van der Waals surface area (Å²) >= 11 is 0. The topological polar surface area (TPSA) is 0 Å². The van der Waals surface area contributed by atoms with Crippen molar-refractivity contribution in [1.29, 1.82) is 0 Å². The molecule has 5 rings (SSSR count). The summed E-state index contributed by atoms with van der Waals surface area (Å²) in [6, 6.07) is 6.62. The molecule has 0 heterocycles. The summed E-state index contributed by atoms with van der Waals surface area (Å²) in [7, 11) is 0. The van der Waals surface area contributed by atoms with Gasteiger partial charge in [-0.1, -0.05) is 76.3 Å². The minimum Gasteiger partial charge on any atom is -0.246 e. The Morgan fingerprint density at radius 1 is 1.02 bits per heavy atom. The van der Waals surface area contributed by atoms with E-state index in [1.54, 1.807) is 6.08 Å². The Kier molecular flexibility index (Phi) is 7.68. The average molecular weight is 545 g/mol. The van der Waals surface area contributed by atoms with E-state index in [-0.39, 0.29) is 11.5 Å². The van der Waals surface area contributed by atoms with Crippen molar-refractivity contribution < 1.29 is 17.6 Å². The molecule has 1 aromatic carbocycles. The fourth-order valence-corrected chi connectivity index (χ4v) is 6.24. The van der Waals surface area contributed by atoms with Crippen molar-refractivity contribution in [2.45, 2.75) is 66.0 Å². The molecule has 0 fully saturated rings. The van der Waals surface area contributed by atoms with E-state index < -0.39 is 24.7 Å². The number of fused-ring (bicyclic) bond motifs is 1. The van der Waals surface area contributed by atoms with Crippen molar-refractivity contribution in [2.24, 2.45) is 11.8 Å². The van der Waals surface area contributed by atoms with E-state index in [4.69, 9.17) is 0 Å². The van der Waals surface area contributed by atoms with E-state index in [9.17, 15) is 17.6 Å². The number of allylic oxidation sites excluding steroid dienone is 14. The van der Waals surface area contributed by atoms with Crippen LogP contribution in [0.1, 0.15) is 76.5 Å². The molecule has 0 radical (unpaired) electrons. The van der Waals surface area contributed by atoms with Crippen LogP contribution in [-0.4, -0.2) is 12.9 Å². The second kappa shape index (κ2) is 10.9. The van der Waals surface area contributed by atoms with Crippen LogP contribution in [0.25, 0.3) is 11.6 Å². The summed E-state index contributed by atoms with van der Waals surface area (Å²) in [6.45, 7) is 8.59. The molecule has 4 aliphatic rings. The van der Waals surface area contributed by atoms with Gasteiger partial charge in [-0.15, -0.1) is 5.73 Å². The van der Waals surface area contributed by atoms with E-state index in [1.807, 2.05) is 6.08 Å². The van der Waals surface area contributed by atoms with Crippen LogP contribution >= 0.6 is 0 Å². The molecule has 0 nitrogen and oxygen atoms in total. The van der Waals surface area contributed by atoms with Crippen LogP contribution in [0, 0.1) is 11.8 Å². The smallest absolute Gasteiger partial charge is 0.246 e. The van der Waals surface area contributed by atoms with Gasteiger partial charge in [0.15, 0.2) is 0 Å². The Hall–Kier alpha value is -3.36. The lowest BCUT2D eigenvalue weighted by Crippen LogP contribution is -2.26. The summed E-state index contributed by atoms with van der Waals surface area (Å²) in [5.74, 6) is -2.15. The molecule has 4 aliphatic carbocycles. The fraction of sp³-hybridized carbons (Fsp3) is 0.361. The van der Waals surface area contributed by atoms with Gasteiger partial charge in [-0.3, -0.25) is 0 Å². The Labute approximate surface area is 235 Å². The molecule has 4 heteroatoms. The lowest BCUT2D eigenvalue weighted by Gasteiger charge is -2.22. The molecular weight excluding hydrogens is 508 g/mol. The molecule has 2 unspecified atom stereocenters. The molecule has 0 saturated carbocycles. The molecule has 0 aromatic heterocycles. The van der Waals surface area contributed by atoms with Gasteiger partial charge in [-0.05, 0) is 106 Å². The first-order valence-electron chi connectivity index (χ1n) is 14.2. The monoisotopic (exact) mass is 544 g/mol. The maximum Gasteiger partial charge on any atom is 0.395 e. The molecule has 1 aromatic rings. The van der Waals surface area contributed by atoms with Crippen LogP contribution in [-0.2, 0) is 0 Å². The standard InChI is InChI=1S/C36H36F4/c1-6-24-14-30(13-22(24)4)27-8-7-25(15-27)26-11-12-33-23(5)34(18-31(33)17-26)29-10-9-28(16-29)32(20-37)19-35(21(2)3)36(38,39)40/h7-12,14,17-19,21,23,35H,6,15-16,20H2,1-5H3/b32-19+. The first-order valence-corrected chi connectivity index (χ1v) is 14.2. The summed E-state index contributed by atoms with van der Waals surface area (Å²) in [4.78, 5) is 0. The van der Waals surface area contributed by atoms with E-state index in [1.165, 1.54) is 58.4 Å². The number of benzene rings is 1. The molecule has 0 aliphatic heterocycles. The summed E-state index contributed by atoms with van der Waals surface area (Å²) in [6.07, 6.45) is 11.6. The van der Waals surface area contributed by atoms with E-state index >= 15 is 0 Å². The van der Waals surface area contributed by atoms with Gasteiger partial charge in [-0.2, -0.15) is 13.2 Å². The summed E-state index contributed by atoms with van der Waals surface area (Å²) in [5.41, 5.74) is 16.5. The third kappa shape index (κ3) is 5.34. The van der Waals surface area contributed by atoms with Crippen molar-refractivity contribution in [2.75, 3.05) is 6.67 Å². The molecule has 2 atom stereocenters. The highest BCUT2D eigenvalue weighted by atomic mass is 19.4. The van der Waals surface area contributed by atoms with Gasteiger partial charge in [0.2, 0.25) is 0 Å². The highest BCUT2D eigenvalue weighted by molar-refractivity contribution is 5.80. The van der Waals surface area contributed by atoms with Gasteiger partial charge in [0, 0.05) is 11.5 Å². The first-order chi connectivity index (χ1) is 19.0. The Bertz CT molecular complexity index is 1520. The number of halogens is 4. The molecule has 0 saturated heterocycles. The maximum absolute atomic E-state index is 14.0. The van der Waals surface area contributed by atoms with E-state index in [0.717, 1.165) is 30.1 Å². The Morgan fingerprint density at radius 3 is 2.40 bits per heavy atom. The second-order valence-electron chi connectivity index (χ2n) is 11.6. The third-order valence-corrected chi connectivity index (χ3v) is 8.69. The molecule has 40 heavy (non-hydrogen) atoms. The average Bonchev–Trinajstić information content (AvgIpc) is 3.69. The molecule has 0 N–H and O–H groups in total. The normalized spacial score (nSPS) is 21.4. The fourth-order valence-electron chi connectivity index (χ4n) is 6.24. The second-order valence-corrected chi connectivity index (χ2v) is 11.6. The van der Waals surface area contributed by atoms with Gasteiger partial charge in [0.05, 0.1) is 5.92 Å². The molecule has 208 valence electrons. The highest BCUT2D eigenvalue weighted by Gasteiger charge is 2.40. The van der Waals surface area contributed by atoms with Crippen molar-refractivity contribution in [3.63, 3.8) is 0 Å². The van der Waals surface area contributed by atoms with Gasteiger partial charge in [0.25, 0.3) is 0 Å². The minimum absolute atomic E-state index is 0.146. The summed E-state index contributed by atoms with van der Waals surface area (Å²) < 4.78 is 54.6. The van der Waals surface area contributed by atoms with Crippen molar-refractivity contribution >= 4 is 11.6 Å². The Balaban J connectivity index is 1.31. The number of hydrogen-bond donors (Lipinski definition) is 0. The first kappa shape index (κ1) is 28.2. The molecule has 0 bridgehead atoms. The zero-order valence-electron chi connectivity index (χ0n) is 23.8. The SMILES string of the molecule is CCC1=CC(C2=CC=C(c3ccc4c(c3)C=C(C3=CC=C(/C(=C/C(C(C)C)C(F)(F)F)CF)C3)C4C)C2)=C=C1C. The van der Waals surface area contributed by atoms with Gasteiger partial charge < -0.3 is 0 Å². The van der Waals surface area contributed by atoms with Crippen LogP contribution in [0.3, 0.4) is 0 Å². The largest absolute Gasteiger partial charge is 0.395 e. The number of alkyl halides is 4. The molecular formula is C36H36F4. The quantitative estimate of drug-likeness (QED) is 0.226. The van der Waals surface area contributed by atoms with Gasteiger partial charge >= 0.3 is 6.18 Å². The lowest BCUT2D eigenvalue weighted by molar-refractivity contribution is -0.171. The van der Waals surface area contributed by atoms with Crippen molar-refractivity contribution in [1.82, 2.24) is 0 Å². The molecule has 0 amide bonds. The van der Waals surface area contributed by atoms with Crippen LogP contribution < -0.4 is 0 Å². The van der Waals surface area contributed by atoms with Crippen LogP contribution in [0.15, 0.2) is 105 Å². The zero-order chi connectivity index (χ0) is 28.8. The molecule has 0 spiro atoms. The number of hydrogen-bond acceptors (Lipinski definition) is 0. The van der Waals surface area contributed by atoms with Gasteiger partial charge in [0.1, 0.15) is 6.67 Å². The van der Waals surface area contributed by atoms with E-state index in [0.29, 0.717) is 12.0 Å². The third-order valence-electron chi connectivity index (χ3n) is 8.69. The van der Waals surface area contributed by atoms with Crippen LogP contribution in [0.4, 0.5) is 17.6 Å². The van der Waals surface area contributed by atoms with Gasteiger partial charge in [-0.25, -0.2) is 4.39 Å². The Morgan fingerprint density at radius 2 is 1.75 bits per heavy atom. The predicted octanol–water partition coefficient (Wildman–Crippen LogP) is 10.7. The lowest BCUT2D eigenvalue weighted by atomic mass is 9.88. The zero-order valence-corrected chi connectivity index (χ0v) is 23.8. The highest BCUT2D eigenvalue weighted by Crippen LogP contribution is 2.45. The van der Waals surface area contributed by atoms with Crippen molar-refractivity contribution in [3.05, 3.63) is 122 Å². The minimum atomic E-state index is -4.39. The van der Waals surface area contributed by atoms with Crippen molar-refractivity contribution in [3.8, 4) is 0 Å².